The van der Waals surface area contributed by atoms with Gasteiger partial charge in [-0.1, -0.05) is 18.2 Å². The molecule has 132 valence electrons. The van der Waals surface area contributed by atoms with E-state index in [1.807, 2.05) is 4.90 Å². The standard InChI is InChI=1S/C18H20FN3O3/c19-16-6-2-1-4-13(16)11-22(14-7-8-14)12-17(23)21-18(24)20-10-15-5-3-9-25-15/h1-6,9,14H,7-8,10-12H2,(H2,20,21,23,24). The second kappa shape index (κ2) is 7.94. The molecule has 0 radical (unpaired) electrons. The average Bonchev–Trinajstić information content (AvgIpc) is 3.30. The summed E-state index contributed by atoms with van der Waals surface area (Å²) in [5.74, 6) is -0.105. The van der Waals surface area contributed by atoms with Crippen molar-refractivity contribution in [1.29, 1.82) is 0 Å². The van der Waals surface area contributed by atoms with Crippen LogP contribution in [-0.4, -0.2) is 29.4 Å². The minimum atomic E-state index is -0.581. The highest BCUT2D eigenvalue weighted by atomic mass is 19.1. The van der Waals surface area contributed by atoms with Crippen molar-refractivity contribution < 1.29 is 18.4 Å². The molecule has 0 bridgehead atoms. The quantitative estimate of drug-likeness (QED) is 0.808. The molecule has 7 heteroatoms. The molecule has 0 aliphatic heterocycles. The van der Waals surface area contributed by atoms with Gasteiger partial charge in [0.15, 0.2) is 0 Å². The number of hydrogen-bond donors (Lipinski definition) is 2. The third-order valence-electron chi connectivity index (χ3n) is 4.00. The number of halogens is 1. The Morgan fingerprint density at radius 1 is 1.20 bits per heavy atom. The number of carbonyl (C=O) groups excluding carboxylic acids is 2. The lowest BCUT2D eigenvalue weighted by Gasteiger charge is -2.21. The topological polar surface area (TPSA) is 74.6 Å². The Kier molecular flexibility index (Phi) is 5.45. The second-order valence-corrected chi connectivity index (χ2v) is 6.04. The molecule has 0 saturated heterocycles. The summed E-state index contributed by atoms with van der Waals surface area (Å²) in [4.78, 5) is 25.8. The van der Waals surface area contributed by atoms with Crippen molar-refractivity contribution in [3.8, 4) is 0 Å². The van der Waals surface area contributed by atoms with Gasteiger partial charge in [-0.2, -0.15) is 0 Å². The summed E-state index contributed by atoms with van der Waals surface area (Å²) in [5, 5.41) is 4.84. The Morgan fingerprint density at radius 3 is 2.68 bits per heavy atom. The first-order valence-corrected chi connectivity index (χ1v) is 8.19. The van der Waals surface area contributed by atoms with E-state index in [0.29, 0.717) is 17.9 Å². The Hall–Kier alpha value is -2.67. The van der Waals surface area contributed by atoms with E-state index in [1.165, 1.54) is 12.3 Å². The summed E-state index contributed by atoms with van der Waals surface area (Å²) in [7, 11) is 0. The summed E-state index contributed by atoms with van der Waals surface area (Å²) < 4.78 is 18.9. The summed E-state index contributed by atoms with van der Waals surface area (Å²) in [5.41, 5.74) is 0.546. The molecule has 0 spiro atoms. The Balaban J connectivity index is 1.49. The van der Waals surface area contributed by atoms with Crippen LogP contribution in [0.25, 0.3) is 0 Å². The third kappa shape index (κ3) is 5.15. The van der Waals surface area contributed by atoms with E-state index < -0.39 is 11.9 Å². The van der Waals surface area contributed by atoms with Gasteiger partial charge in [-0.05, 0) is 31.0 Å². The first-order chi connectivity index (χ1) is 12.1. The van der Waals surface area contributed by atoms with Crippen molar-refractivity contribution in [3.63, 3.8) is 0 Å². The van der Waals surface area contributed by atoms with Gasteiger partial charge in [0.2, 0.25) is 5.91 Å². The number of nitrogens with one attached hydrogen (secondary N) is 2. The van der Waals surface area contributed by atoms with Gasteiger partial charge in [0.25, 0.3) is 0 Å². The van der Waals surface area contributed by atoms with Crippen LogP contribution < -0.4 is 10.6 Å². The number of rotatable bonds is 7. The minimum absolute atomic E-state index is 0.0488. The molecule has 1 aliphatic rings. The number of furan rings is 1. The van der Waals surface area contributed by atoms with Crippen molar-refractivity contribution in [2.24, 2.45) is 0 Å². The molecule has 1 aromatic heterocycles. The molecule has 3 rings (SSSR count). The van der Waals surface area contributed by atoms with Crippen LogP contribution in [0.1, 0.15) is 24.2 Å². The van der Waals surface area contributed by atoms with E-state index in [4.69, 9.17) is 4.42 Å². The van der Waals surface area contributed by atoms with Crippen LogP contribution in [0.4, 0.5) is 9.18 Å². The molecule has 1 saturated carbocycles. The predicted octanol–water partition coefficient (Wildman–Crippen LogP) is 2.41. The number of nitrogens with zero attached hydrogens (tertiary/aromatic N) is 1. The van der Waals surface area contributed by atoms with Crippen LogP contribution in [-0.2, 0) is 17.9 Å². The maximum Gasteiger partial charge on any atom is 0.321 e. The van der Waals surface area contributed by atoms with Gasteiger partial charge >= 0.3 is 6.03 Å². The third-order valence-corrected chi connectivity index (χ3v) is 4.00. The summed E-state index contributed by atoms with van der Waals surface area (Å²) >= 11 is 0. The Morgan fingerprint density at radius 2 is 2.00 bits per heavy atom. The largest absolute Gasteiger partial charge is 0.467 e. The van der Waals surface area contributed by atoms with Crippen molar-refractivity contribution in [1.82, 2.24) is 15.5 Å². The summed E-state index contributed by atoms with van der Waals surface area (Å²) in [6, 6.07) is 9.64. The van der Waals surface area contributed by atoms with Crippen molar-refractivity contribution in [2.75, 3.05) is 6.54 Å². The van der Waals surface area contributed by atoms with Crippen LogP contribution in [0, 0.1) is 5.82 Å². The van der Waals surface area contributed by atoms with Gasteiger partial charge in [-0.25, -0.2) is 9.18 Å². The van der Waals surface area contributed by atoms with Gasteiger partial charge in [-0.15, -0.1) is 0 Å². The van der Waals surface area contributed by atoms with E-state index in [-0.39, 0.29) is 24.9 Å². The maximum atomic E-state index is 13.8. The number of amides is 3. The zero-order valence-corrected chi connectivity index (χ0v) is 13.7. The lowest BCUT2D eigenvalue weighted by atomic mass is 10.2. The van der Waals surface area contributed by atoms with Gasteiger partial charge < -0.3 is 9.73 Å². The molecule has 25 heavy (non-hydrogen) atoms. The SMILES string of the molecule is O=C(CN(Cc1ccccc1F)C1CC1)NC(=O)NCc1ccco1. The van der Waals surface area contributed by atoms with Crippen LogP contribution >= 0.6 is 0 Å². The molecule has 0 unspecified atom stereocenters. The van der Waals surface area contributed by atoms with E-state index in [9.17, 15) is 14.0 Å². The fourth-order valence-corrected chi connectivity index (χ4v) is 2.57. The minimum Gasteiger partial charge on any atom is -0.467 e. The highest BCUT2D eigenvalue weighted by Gasteiger charge is 2.31. The van der Waals surface area contributed by atoms with Gasteiger partial charge in [0.05, 0.1) is 19.4 Å². The number of carbonyl (C=O) groups is 2. The van der Waals surface area contributed by atoms with E-state index in [1.54, 1.807) is 30.3 Å². The van der Waals surface area contributed by atoms with Crippen LogP contribution in [0.3, 0.4) is 0 Å². The zero-order valence-electron chi connectivity index (χ0n) is 13.7. The summed E-state index contributed by atoms with van der Waals surface area (Å²) in [6.45, 7) is 0.597. The number of hydrogen-bond acceptors (Lipinski definition) is 4. The maximum absolute atomic E-state index is 13.8. The normalized spacial score (nSPS) is 13.7. The highest BCUT2D eigenvalue weighted by Crippen LogP contribution is 2.28. The van der Waals surface area contributed by atoms with Gasteiger partial charge in [0.1, 0.15) is 11.6 Å². The molecule has 1 aromatic carbocycles. The molecule has 0 atom stereocenters. The fourth-order valence-electron chi connectivity index (χ4n) is 2.57. The molecule has 2 aromatic rings. The zero-order chi connectivity index (χ0) is 17.6. The first-order valence-electron chi connectivity index (χ1n) is 8.19. The van der Waals surface area contributed by atoms with Crippen molar-refractivity contribution in [3.05, 3.63) is 59.8 Å². The fraction of sp³-hybridized carbons (Fsp3) is 0.333. The van der Waals surface area contributed by atoms with Crippen LogP contribution in [0.15, 0.2) is 47.1 Å². The molecule has 6 nitrogen and oxygen atoms in total. The molecular formula is C18H20FN3O3. The monoisotopic (exact) mass is 345 g/mol. The van der Waals surface area contributed by atoms with Crippen molar-refractivity contribution >= 4 is 11.9 Å². The van der Waals surface area contributed by atoms with Crippen LogP contribution in [0.2, 0.25) is 0 Å². The summed E-state index contributed by atoms with van der Waals surface area (Å²) in [6.07, 6.45) is 3.47. The first kappa shape index (κ1) is 17.2. The average molecular weight is 345 g/mol. The highest BCUT2D eigenvalue weighted by molar-refractivity contribution is 5.95. The number of urea groups is 1. The van der Waals surface area contributed by atoms with Gasteiger partial charge in [-0.3, -0.25) is 15.0 Å². The molecule has 2 N–H and O–H groups in total. The predicted molar refractivity (Wildman–Crippen MR) is 88.9 cm³/mol. The number of imide groups is 1. The van der Waals surface area contributed by atoms with E-state index >= 15 is 0 Å². The van der Waals surface area contributed by atoms with E-state index in [2.05, 4.69) is 10.6 Å². The lowest BCUT2D eigenvalue weighted by molar-refractivity contribution is -0.121. The van der Waals surface area contributed by atoms with E-state index in [0.717, 1.165) is 12.8 Å². The Labute approximate surface area is 145 Å². The van der Waals surface area contributed by atoms with Crippen LogP contribution in [0.5, 0.6) is 0 Å². The van der Waals surface area contributed by atoms with Gasteiger partial charge in [0, 0.05) is 18.2 Å². The Bertz CT molecular complexity index is 729. The van der Waals surface area contributed by atoms with Crippen molar-refractivity contribution in [2.45, 2.75) is 32.0 Å². The molecule has 1 aliphatic carbocycles. The molecule has 1 heterocycles. The molecule has 3 amide bonds. The smallest absolute Gasteiger partial charge is 0.321 e. The second-order valence-electron chi connectivity index (χ2n) is 6.04. The number of benzene rings is 1. The lowest BCUT2D eigenvalue weighted by Crippen LogP contribution is -2.44. The molecule has 1 fully saturated rings. The molecular weight excluding hydrogens is 325 g/mol.